The fourth-order valence-corrected chi connectivity index (χ4v) is 7.46. The fourth-order valence-electron chi connectivity index (χ4n) is 5.60. The molecule has 1 atom stereocenters. The van der Waals surface area contributed by atoms with E-state index in [1.807, 2.05) is 54.6 Å². The van der Waals surface area contributed by atoms with Crippen molar-refractivity contribution in [2.45, 2.75) is 55.6 Å². The van der Waals surface area contributed by atoms with Gasteiger partial charge in [0.1, 0.15) is 18.4 Å². The number of halogens is 3. The maximum absolute atomic E-state index is 14.5. The molecule has 46 heavy (non-hydrogen) atoms. The van der Waals surface area contributed by atoms with Crippen molar-refractivity contribution in [2.24, 2.45) is 0 Å². The van der Waals surface area contributed by atoms with E-state index in [1.165, 1.54) is 29.2 Å². The molecule has 240 valence electrons. The van der Waals surface area contributed by atoms with Gasteiger partial charge in [-0.3, -0.25) is 13.9 Å². The van der Waals surface area contributed by atoms with Crippen molar-refractivity contribution in [1.82, 2.24) is 10.2 Å². The number of rotatable bonds is 12. The zero-order valence-electron chi connectivity index (χ0n) is 25.0. The minimum Gasteiger partial charge on any atom is -0.352 e. The Hall–Kier alpha value is -3.73. The van der Waals surface area contributed by atoms with Gasteiger partial charge < -0.3 is 10.2 Å². The molecule has 1 fully saturated rings. The summed E-state index contributed by atoms with van der Waals surface area (Å²) in [6.45, 7) is -0.608. The normalized spacial score (nSPS) is 14.1. The molecule has 0 unspecified atom stereocenters. The third-order valence-electron chi connectivity index (χ3n) is 8.04. The van der Waals surface area contributed by atoms with E-state index >= 15 is 0 Å². The van der Waals surface area contributed by atoms with Crippen LogP contribution >= 0.6 is 27.5 Å². The summed E-state index contributed by atoms with van der Waals surface area (Å²) in [7, 11) is -4.32. The van der Waals surface area contributed by atoms with Gasteiger partial charge in [0, 0.05) is 23.5 Å². The van der Waals surface area contributed by atoms with Crippen molar-refractivity contribution in [3.05, 3.63) is 130 Å². The van der Waals surface area contributed by atoms with E-state index in [1.54, 1.807) is 18.2 Å². The molecule has 1 aliphatic rings. The van der Waals surface area contributed by atoms with Gasteiger partial charge in [0.05, 0.1) is 15.6 Å². The maximum Gasteiger partial charge on any atom is 0.264 e. The number of nitrogens with zero attached hydrogens (tertiary/aromatic N) is 2. The largest absolute Gasteiger partial charge is 0.352 e. The zero-order valence-corrected chi connectivity index (χ0v) is 28.1. The van der Waals surface area contributed by atoms with E-state index in [2.05, 4.69) is 21.2 Å². The Balaban J connectivity index is 1.57. The minimum absolute atomic E-state index is 0.00622. The van der Waals surface area contributed by atoms with E-state index < -0.39 is 34.3 Å². The third kappa shape index (κ3) is 8.34. The van der Waals surface area contributed by atoms with Crippen LogP contribution in [0.1, 0.15) is 36.8 Å². The van der Waals surface area contributed by atoms with Crippen LogP contribution in [0.4, 0.5) is 10.1 Å². The number of anilines is 1. The lowest BCUT2D eigenvalue weighted by Gasteiger charge is -2.34. The quantitative estimate of drug-likeness (QED) is 0.168. The number of hydrogen-bond acceptors (Lipinski definition) is 4. The van der Waals surface area contributed by atoms with Crippen LogP contribution in [0.3, 0.4) is 0 Å². The summed E-state index contributed by atoms with van der Waals surface area (Å²) in [5, 5.41) is 2.86. The topological polar surface area (TPSA) is 86.8 Å². The Morgan fingerprint density at radius 1 is 0.891 bits per heavy atom. The number of benzene rings is 4. The van der Waals surface area contributed by atoms with Crippen LogP contribution < -0.4 is 9.62 Å². The summed E-state index contributed by atoms with van der Waals surface area (Å²) < 4.78 is 44.0. The molecule has 5 rings (SSSR count). The second kappa shape index (κ2) is 15.2. The first-order valence-corrected chi connectivity index (χ1v) is 17.6. The van der Waals surface area contributed by atoms with Gasteiger partial charge >= 0.3 is 0 Å². The van der Waals surface area contributed by atoms with Crippen molar-refractivity contribution >= 4 is 55.1 Å². The van der Waals surface area contributed by atoms with Gasteiger partial charge in [-0.1, -0.05) is 101 Å². The van der Waals surface area contributed by atoms with E-state index in [-0.39, 0.29) is 40.5 Å². The lowest BCUT2D eigenvalue weighted by molar-refractivity contribution is -0.140. The van der Waals surface area contributed by atoms with Crippen LogP contribution in [0.25, 0.3) is 0 Å². The molecule has 4 aromatic carbocycles. The van der Waals surface area contributed by atoms with Crippen LogP contribution in [-0.4, -0.2) is 43.8 Å². The van der Waals surface area contributed by atoms with Gasteiger partial charge in [-0.2, -0.15) is 0 Å². The third-order valence-corrected chi connectivity index (χ3v) is 10.6. The van der Waals surface area contributed by atoms with Crippen LogP contribution in [0.2, 0.25) is 5.02 Å². The first-order chi connectivity index (χ1) is 22.1. The lowest BCUT2D eigenvalue weighted by Crippen LogP contribution is -2.54. The standard InChI is InChI=1S/C35H34BrClFN3O4S/c36-27-17-15-26(16-18-27)23-40(33(21-25-9-3-1-4-10-25)35(43)39-28-11-7-8-12-28)34(42)24-41(29-19-20-32(38)31(37)22-29)46(44,45)30-13-5-2-6-14-30/h1-6,9-10,13-20,22,28,33H,7-8,11-12,21,23-24H2,(H,39,43)/t33-/m0/s1. The van der Waals surface area contributed by atoms with Crippen molar-refractivity contribution in [1.29, 1.82) is 0 Å². The van der Waals surface area contributed by atoms with Crippen molar-refractivity contribution in [3.8, 4) is 0 Å². The van der Waals surface area contributed by atoms with E-state index in [9.17, 15) is 22.4 Å². The lowest BCUT2D eigenvalue weighted by atomic mass is 10.0. The fraction of sp³-hybridized carbons (Fsp3) is 0.257. The number of carbonyl (C=O) groups excluding carboxylic acids is 2. The van der Waals surface area contributed by atoms with Crippen molar-refractivity contribution in [3.63, 3.8) is 0 Å². The molecule has 1 aliphatic carbocycles. The predicted molar refractivity (Wildman–Crippen MR) is 181 cm³/mol. The molecule has 7 nitrogen and oxygen atoms in total. The molecule has 0 saturated heterocycles. The first-order valence-electron chi connectivity index (χ1n) is 15.0. The SMILES string of the molecule is O=C(NC1CCCC1)[C@H](Cc1ccccc1)N(Cc1ccc(Br)cc1)C(=O)CN(c1ccc(F)c(Cl)c1)S(=O)(=O)c1ccccc1. The second-order valence-electron chi connectivity index (χ2n) is 11.3. The van der Waals surface area contributed by atoms with Gasteiger partial charge in [-0.05, 0) is 66.4 Å². The highest BCUT2D eigenvalue weighted by Crippen LogP contribution is 2.29. The molecule has 11 heteroatoms. The van der Waals surface area contributed by atoms with Crippen LogP contribution in [0.15, 0.2) is 112 Å². The molecule has 0 heterocycles. The van der Waals surface area contributed by atoms with Gasteiger partial charge in [0.2, 0.25) is 11.8 Å². The number of amides is 2. The highest BCUT2D eigenvalue weighted by Gasteiger charge is 2.35. The summed E-state index contributed by atoms with van der Waals surface area (Å²) in [5.74, 6) is -1.63. The van der Waals surface area contributed by atoms with E-state index in [4.69, 9.17) is 11.6 Å². The number of nitrogens with one attached hydrogen (secondary N) is 1. The Morgan fingerprint density at radius 3 is 2.15 bits per heavy atom. The number of carbonyl (C=O) groups is 2. The zero-order chi connectivity index (χ0) is 32.7. The Bertz CT molecular complexity index is 1760. The Kier molecular flexibility index (Phi) is 11.1. The van der Waals surface area contributed by atoms with Crippen LogP contribution in [0.5, 0.6) is 0 Å². The molecular weight excluding hydrogens is 693 g/mol. The van der Waals surface area contributed by atoms with E-state index in [0.717, 1.165) is 51.7 Å². The van der Waals surface area contributed by atoms with Gasteiger partial charge in [-0.15, -0.1) is 0 Å². The summed E-state index contributed by atoms with van der Waals surface area (Å²) >= 11 is 9.53. The first kappa shape index (κ1) is 33.6. The molecule has 4 aromatic rings. The minimum atomic E-state index is -4.32. The van der Waals surface area contributed by atoms with Gasteiger partial charge in [0.15, 0.2) is 0 Å². The number of hydrogen-bond donors (Lipinski definition) is 1. The van der Waals surface area contributed by atoms with E-state index in [0.29, 0.717) is 0 Å². The Labute approximate surface area is 282 Å². The molecule has 0 bridgehead atoms. The van der Waals surface area contributed by atoms with Crippen LogP contribution in [-0.2, 0) is 32.6 Å². The van der Waals surface area contributed by atoms with Crippen molar-refractivity contribution < 1.29 is 22.4 Å². The monoisotopic (exact) mass is 725 g/mol. The highest BCUT2D eigenvalue weighted by molar-refractivity contribution is 9.10. The number of sulfonamides is 1. The average Bonchev–Trinajstić information content (AvgIpc) is 3.57. The molecule has 1 saturated carbocycles. The average molecular weight is 727 g/mol. The smallest absolute Gasteiger partial charge is 0.264 e. The summed E-state index contributed by atoms with van der Waals surface area (Å²) in [6, 6.07) is 27.0. The molecule has 0 aliphatic heterocycles. The summed E-state index contributed by atoms with van der Waals surface area (Å²) in [4.78, 5) is 30.0. The molecular formula is C35H34BrClFN3O4S. The second-order valence-corrected chi connectivity index (χ2v) is 14.5. The molecule has 0 spiro atoms. The molecule has 0 radical (unpaired) electrons. The maximum atomic E-state index is 14.5. The highest BCUT2D eigenvalue weighted by atomic mass is 79.9. The molecule has 1 N–H and O–H groups in total. The molecule has 0 aromatic heterocycles. The summed E-state index contributed by atoms with van der Waals surface area (Å²) in [5.41, 5.74) is 1.62. The Morgan fingerprint density at radius 2 is 1.52 bits per heavy atom. The predicted octanol–water partition coefficient (Wildman–Crippen LogP) is 7.14. The molecule has 2 amide bonds. The summed E-state index contributed by atoms with van der Waals surface area (Å²) in [6.07, 6.45) is 3.97. The van der Waals surface area contributed by atoms with Crippen molar-refractivity contribution in [2.75, 3.05) is 10.8 Å². The van der Waals surface area contributed by atoms with Gasteiger partial charge in [0.25, 0.3) is 10.0 Å². The van der Waals surface area contributed by atoms with Crippen LogP contribution in [0, 0.1) is 5.82 Å². The van der Waals surface area contributed by atoms with Gasteiger partial charge in [-0.25, -0.2) is 12.8 Å².